The Labute approximate surface area is 338 Å². The molecular weight excluding hydrogens is 745 g/mol. The number of hydrogen-bond donors (Lipinski definition) is 2. The molecule has 12 nitrogen and oxygen atoms in total. The molecule has 2 amide bonds. The molecule has 0 saturated carbocycles. The van der Waals surface area contributed by atoms with E-state index in [1.807, 2.05) is 38.1 Å². The van der Waals surface area contributed by atoms with Crippen molar-refractivity contribution in [3.05, 3.63) is 78.7 Å². The van der Waals surface area contributed by atoms with Gasteiger partial charge in [-0.15, -0.1) is 22.7 Å². The number of morpholine rings is 2. The number of ether oxygens (including phenoxy) is 2. The lowest BCUT2D eigenvalue weighted by Crippen LogP contribution is -2.38. The highest BCUT2D eigenvalue weighted by atomic mass is 32.1. The molecule has 0 spiro atoms. The van der Waals surface area contributed by atoms with Crippen LogP contribution in [-0.4, -0.2) is 133 Å². The van der Waals surface area contributed by atoms with Crippen LogP contribution in [-0.2, 0) is 35.4 Å². The Balaban J connectivity index is 0.870. The third-order valence-corrected chi connectivity index (χ3v) is 13.7. The second-order valence-corrected chi connectivity index (χ2v) is 17.5. The fraction of sp³-hybridized carbons (Fsp3) is 0.524. The number of carbonyl (C=O) groups excluding carboxylic acids is 2. The van der Waals surface area contributed by atoms with E-state index in [2.05, 4.69) is 42.4 Å². The molecule has 14 heteroatoms. The van der Waals surface area contributed by atoms with E-state index in [1.165, 1.54) is 32.4 Å². The minimum atomic E-state index is -0.177. The van der Waals surface area contributed by atoms with E-state index in [9.17, 15) is 9.59 Å². The Morgan fingerprint density at radius 3 is 1.45 bits per heavy atom. The lowest BCUT2D eigenvalue weighted by molar-refractivity contribution is 0.0359. The highest BCUT2D eigenvalue weighted by Gasteiger charge is 2.26. The molecule has 2 saturated heterocycles. The first-order valence-corrected chi connectivity index (χ1v) is 21.9. The average molecular weight is 799 g/mol. The van der Waals surface area contributed by atoms with Crippen molar-refractivity contribution in [2.24, 2.45) is 0 Å². The van der Waals surface area contributed by atoms with E-state index in [0.717, 1.165) is 176 Å². The third kappa shape index (κ3) is 9.40. The zero-order valence-corrected chi connectivity index (χ0v) is 34.4. The van der Waals surface area contributed by atoms with Gasteiger partial charge in [-0.3, -0.25) is 29.2 Å². The van der Waals surface area contributed by atoms with Crippen molar-refractivity contribution in [1.82, 2.24) is 29.6 Å². The maximum absolute atomic E-state index is 13.6. The number of nitrogens with one attached hydrogen (secondary N) is 2. The molecule has 8 rings (SSSR count). The van der Waals surface area contributed by atoms with Crippen LogP contribution in [0.1, 0.15) is 64.7 Å². The number of anilines is 2. The number of carbonyl (C=O) groups is 2. The number of hydrogen-bond acceptors (Lipinski definition) is 12. The van der Waals surface area contributed by atoms with E-state index in [4.69, 9.17) is 19.4 Å². The van der Waals surface area contributed by atoms with Crippen LogP contribution >= 0.6 is 22.7 Å². The fourth-order valence-corrected chi connectivity index (χ4v) is 10.3. The van der Waals surface area contributed by atoms with Gasteiger partial charge in [0, 0.05) is 86.3 Å². The van der Waals surface area contributed by atoms with E-state index in [-0.39, 0.29) is 11.8 Å². The van der Waals surface area contributed by atoms with Gasteiger partial charge >= 0.3 is 0 Å². The smallest absolute Gasteiger partial charge is 0.284 e. The molecule has 2 N–H and O–H groups in total. The number of fused-ring (bicyclic) bond motifs is 2. The summed E-state index contributed by atoms with van der Waals surface area (Å²) in [6, 6.07) is 12.0. The van der Waals surface area contributed by atoms with Crippen LogP contribution in [0.15, 0.2) is 36.4 Å². The summed E-state index contributed by atoms with van der Waals surface area (Å²) in [4.78, 5) is 49.1. The van der Waals surface area contributed by atoms with Crippen LogP contribution in [0.5, 0.6) is 0 Å². The monoisotopic (exact) mass is 798 g/mol. The Hall–Kier alpha value is -3.60. The molecule has 2 aromatic carbocycles. The number of amides is 2. The molecule has 2 aromatic heterocycles. The minimum absolute atomic E-state index is 0.177. The van der Waals surface area contributed by atoms with Crippen LogP contribution in [0.25, 0.3) is 11.1 Å². The molecule has 4 aromatic rings. The van der Waals surface area contributed by atoms with E-state index in [0.29, 0.717) is 10.0 Å². The van der Waals surface area contributed by atoms with Gasteiger partial charge in [-0.2, -0.15) is 0 Å². The predicted molar refractivity (Wildman–Crippen MR) is 223 cm³/mol. The van der Waals surface area contributed by atoms with E-state index < -0.39 is 0 Å². The molecule has 0 atom stereocenters. The maximum atomic E-state index is 13.6. The van der Waals surface area contributed by atoms with Crippen molar-refractivity contribution in [1.29, 1.82) is 0 Å². The van der Waals surface area contributed by atoms with Gasteiger partial charge in [-0.25, -0.2) is 9.97 Å². The summed E-state index contributed by atoms with van der Waals surface area (Å²) in [7, 11) is 0. The zero-order chi connectivity index (χ0) is 38.4. The summed E-state index contributed by atoms with van der Waals surface area (Å²) in [5.74, 6) is -0.355. The number of rotatable bonds is 13. The standard InChI is InChI=1S/C42H54N8O4S2/c1-29-31(7-3-9-33(29)43-39(51)41-45-35-11-17-49(27-37(35)55-41)15-5-13-47-19-23-53-24-20-47)32-8-4-10-34(30(32)2)44-40(52)42-46-36-12-18-50(28-38(36)56-42)16-6-14-48-21-25-54-26-22-48/h3-4,7-10H,5-6,11-28H2,1-2H3,(H,43,51)(H,44,52). The molecular formula is C42H54N8O4S2. The summed E-state index contributed by atoms with van der Waals surface area (Å²) >= 11 is 3.03. The zero-order valence-electron chi connectivity index (χ0n) is 32.7. The Morgan fingerprint density at radius 2 is 1.02 bits per heavy atom. The van der Waals surface area contributed by atoms with Crippen molar-refractivity contribution in [2.75, 3.05) is 103 Å². The van der Waals surface area contributed by atoms with Gasteiger partial charge in [0.2, 0.25) is 0 Å². The Morgan fingerprint density at radius 1 is 0.607 bits per heavy atom. The Bertz CT molecular complexity index is 1860. The molecule has 4 aliphatic rings. The second kappa shape index (κ2) is 18.3. The number of benzene rings is 2. The molecule has 6 heterocycles. The maximum Gasteiger partial charge on any atom is 0.284 e. The van der Waals surface area contributed by atoms with Crippen molar-refractivity contribution in [2.45, 2.75) is 52.6 Å². The van der Waals surface area contributed by atoms with Crippen LogP contribution in [0, 0.1) is 13.8 Å². The number of aromatic nitrogens is 2. The van der Waals surface area contributed by atoms with Crippen molar-refractivity contribution in [3.8, 4) is 11.1 Å². The molecule has 56 heavy (non-hydrogen) atoms. The van der Waals surface area contributed by atoms with Crippen LogP contribution in [0.3, 0.4) is 0 Å². The van der Waals surface area contributed by atoms with Gasteiger partial charge in [-0.05, 0) is 87.3 Å². The lowest BCUT2D eigenvalue weighted by Gasteiger charge is -2.29. The first-order valence-electron chi connectivity index (χ1n) is 20.2. The molecule has 0 unspecified atom stereocenters. The molecule has 2 fully saturated rings. The van der Waals surface area contributed by atoms with Crippen LogP contribution in [0.4, 0.5) is 11.4 Å². The highest BCUT2D eigenvalue weighted by molar-refractivity contribution is 7.14. The first kappa shape index (κ1) is 39.2. The van der Waals surface area contributed by atoms with Crippen molar-refractivity contribution < 1.29 is 19.1 Å². The predicted octanol–water partition coefficient (Wildman–Crippen LogP) is 5.55. The summed E-state index contributed by atoms with van der Waals surface area (Å²) in [5, 5.41) is 7.34. The average Bonchev–Trinajstić information content (AvgIpc) is 3.85. The minimum Gasteiger partial charge on any atom is -0.379 e. The largest absolute Gasteiger partial charge is 0.379 e. The quantitative estimate of drug-likeness (QED) is 0.179. The molecule has 0 aliphatic carbocycles. The van der Waals surface area contributed by atoms with Gasteiger partial charge in [0.15, 0.2) is 10.0 Å². The molecule has 298 valence electrons. The van der Waals surface area contributed by atoms with Gasteiger partial charge in [-0.1, -0.05) is 24.3 Å². The summed E-state index contributed by atoms with van der Waals surface area (Å²) < 4.78 is 11.0. The lowest BCUT2D eigenvalue weighted by atomic mass is 9.94. The van der Waals surface area contributed by atoms with Gasteiger partial charge in [0.25, 0.3) is 11.8 Å². The van der Waals surface area contributed by atoms with Crippen molar-refractivity contribution >= 4 is 45.9 Å². The second-order valence-electron chi connectivity index (χ2n) is 15.3. The molecule has 0 bridgehead atoms. The molecule has 4 aliphatic heterocycles. The first-order chi connectivity index (χ1) is 27.4. The van der Waals surface area contributed by atoms with Gasteiger partial charge < -0.3 is 20.1 Å². The van der Waals surface area contributed by atoms with E-state index in [1.54, 1.807) is 0 Å². The number of nitrogens with zero attached hydrogens (tertiary/aromatic N) is 6. The third-order valence-electron chi connectivity index (χ3n) is 11.6. The summed E-state index contributed by atoms with van der Waals surface area (Å²) in [6.45, 7) is 19.4. The SMILES string of the molecule is Cc1c(NC(=O)c2nc3c(s2)CN(CCCN2CCOCC2)CC3)cccc1-c1cccc(NC(=O)c2nc3c(s2)CN(CCCN2CCOCC2)CC3)c1C. The van der Waals surface area contributed by atoms with Gasteiger partial charge in [0.1, 0.15) is 0 Å². The topological polar surface area (TPSA) is 115 Å². The van der Waals surface area contributed by atoms with E-state index >= 15 is 0 Å². The highest BCUT2D eigenvalue weighted by Crippen LogP contribution is 2.35. The van der Waals surface area contributed by atoms with Crippen molar-refractivity contribution in [3.63, 3.8) is 0 Å². The molecule has 0 radical (unpaired) electrons. The Kier molecular flexibility index (Phi) is 12.8. The van der Waals surface area contributed by atoms with Crippen LogP contribution in [0.2, 0.25) is 0 Å². The summed E-state index contributed by atoms with van der Waals surface area (Å²) in [5.41, 5.74) is 7.54. The number of thiazole rings is 2. The fourth-order valence-electron chi connectivity index (χ4n) is 8.24. The van der Waals surface area contributed by atoms with Crippen LogP contribution < -0.4 is 10.6 Å². The normalized spacial score (nSPS) is 18.4. The summed E-state index contributed by atoms with van der Waals surface area (Å²) in [6.07, 6.45) is 4.01. The van der Waals surface area contributed by atoms with Gasteiger partial charge in [0.05, 0.1) is 37.8 Å².